The maximum absolute atomic E-state index is 12.3. The van der Waals surface area contributed by atoms with Gasteiger partial charge in [-0.1, -0.05) is 24.4 Å². The van der Waals surface area contributed by atoms with E-state index in [4.69, 9.17) is 11.6 Å². The molecule has 26 heavy (non-hydrogen) atoms. The third kappa shape index (κ3) is 4.01. The van der Waals surface area contributed by atoms with Crippen molar-refractivity contribution in [3.8, 4) is 0 Å². The fourth-order valence-corrected chi connectivity index (χ4v) is 5.19. The molecular formula is C21H30ClN3O. The summed E-state index contributed by atoms with van der Waals surface area (Å²) in [6, 6.07) is 8.63. The van der Waals surface area contributed by atoms with Crippen molar-refractivity contribution >= 4 is 23.2 Å². The van der Waals surface area contributed by atoms with E-state index >= 15 is 0 Å². The Morgan fingerprint density at radius 1 is 1.04 bits per heavy atom. The van der Waals surface area contributed by atoms with E-state index in [9.17, 15) is 4.79 Å². The summed E-state index contributed by atoms with van der Waals surface area (Å²) in [6.07, 6.45) is 7.23. The number of carbonyl (C=O) groups is 1. The first-order valence-electron chi connectivity index (χ1n) is 10.2. The fraction of sp³-hybridized carbons (Fsp3) is 0.667. The van der Waals surface area contributed by atoms with Gasteiger partial charge in [0.1, 0.15) is 0 Å². The third-order valence-corrected chi connectivity index (χ3v) is 6.81. The topological polar surface area (TPSA) is 35.6 Å². The van der Waals surface area contributed by atoms with Crippen molar-refractivity contribution in [1.29, 1.82) is 0 Å². The number of hydrogen-bond donors (Lipinski definition) is 1. The first-order chi connectivity index (χ1) is 12.7. The highest BCUT2D eigenvalue weighted by Gasteiger charge is 2.42. The maximum atomic E-state index is 12.3. The maximum Gasteiger partial charge on any atom is 0.223 e. The summed E-state index contributed by atoms with van der Waals surface area (Å²) in [5, 5.41) is 4.05. The van der Waals surface area contributed by atoms with Gasteiger partial charge in [-0.05, 0) is 62.4 Å². The second-order valence-corrected chi connectivity index (χ2v) is 8.55. The summed E-state index contributed by atoms with van der Waals surface area (Å²) < 4.78 is 0. The zero-order valence-electron chi connectivity index (χ0n) is 15.5. The SMILES string of the molecule is O=C1N[C@@H]2CCCC[C@H]2C1CCCN1CCN(c2ccc(Cl)cc2)CC1. The van der Waals surface area contributed by atoms with Crippen LogP contribution in [0.1, 0.15) is 38.5 Å². The van der Waals surface area contributed by atoms with Gasteiger partial charge in [-0.25, -0.2) is 0 Å². The van der Waals surface area contributed by atoms with Crippen LogP contribution in [-0.2, 0) is 4.79 Å². The molecule has 0 bridgehead atoms. The van der Waals surface area contributed by atoms with E-state index in [1.54, 1.807) is 0 Å². The molecular weight excluding hydrogens is 346 g/mol. The molecule has 1 amide bonds. The molecule has 0 aromatic heterocycles. The molecule has 0 radical (unpaired) electrons. The van der Waals surface area contributed by atoms with Crippen molar-refractivity contribution in [2.45, 2.75) is 44.6 Å². The molecule has 2 saturated heterocycles. The lowest BCUT2D eigenvalue weighted by molar-refractivity contribution is -0.123. The molecule has 3 atom stereocenters. The molecule has 2 aliphatic heterocycles. The Labute approximate surface area is 161 Å². The number of carbonyl (C=O) groups excluding carboxylic acids is 1. The van der Waals surface area contributed by atoms with Crippen LogP contribution in [0.5, 0.6) is 0 Å². The van der Waals surface area contributed by atoms with E-state index in [0.29, 0.717) is 17.9 Å². The second-order valence-electron chi connectivity index (χ2n) is 8.12. The van der Waals surface area contributed by atoms with Crippen LogP contribution in [0.15, 0.2) is 24.3 Å². The van der Waals surface area contributed by atoms with Crippen LogP contribution in [0.25, 0.3) is 0 Å². The zero-order valence-corrected chi connectivity index (χ0v) is 16.3. The highest BCUT2D eigenvalue weighted by atomic mass is 35.5. The molecule has 4 rings (SSSR count). The molecule has 2 heterocycles. The molecule has 0 spiro atoms. The first-order valence-corrected chi connectivity index (χ1v) is 10.6. The monoisotopic (exact) mass is 375 g/mol. The smallest absolute Gasteiger partial charge is 0.223 e. The Bertz CT molecular complexity index is 612. The predicted octanol–water partition coefficient (Wildman–Crippen LogP) is 3.55. The van der Waals surface area contributed by atoms with Gasteiger partial charge in [0, 0.05) is 48.8 Å². The zero-order chi connectivity index (χ0) is 17.9. The molecule has 3 aliphatic rings. The number of halogens is 1. The van der Waals surface area contributed by atoms with Gasteiger partial charge in [-0.15, -0.1) is 0 Å². The van der Waals surface area contributed by atoms with E-state index in [-0.39, 0.29) is 5.92 Å². The predicted molar refractivity (Wildman–Crippen MR) is 107 cm³/mol. The van der Waals surface area contributed by atoms with E-state index in [1.807, 2.05) is 12.1 Å². The first kappa shape index (κ1) is 18.1. The van der Waals surface area contributed by atoms with Crippen molar-refractivity contribution in [3.63, 3.8) is 0 Å². The summed E-state index contributed by atoms with van der Waals surface area (Å²) in [4.78, 5) is 17.3. The quantitative estimate of drug-likeness (QED) is 0.854. The Balaban J connectivity index is 1.20. The summed E-state index contributed by atoms with van der Waals surface area (Å²) in [6.45, 7) is 5.46. The molecule has 1 aliphatic carbocycles. The summed E-state index contributed by atoms with van der Waals surface area (Å²) in [5.41, 5.74) is 1.26. The number of hydrogen-bond acceptors (Lipinski definition) is 3. The van der Waals surface area contributed by atoms with Gasteiger partial charge in [0.15, 0.2) is 0 Å². The van der Waals surface area contributed by atoms with Crippen molar-refractivity contribution in [1.82, 2.24) is 10.2 Å². The number of nitrogens with one attached hydrogen (secondary N) is 1. The van der Waals surface area contributed by atoms with Gasteiger partial charge < -0.3 is 10.2 Å². The van der Waals surface area contributed by atoms with Crippen LogP contribution in [0.4, 0.5) is 5.69 Å². The average molecular weight is 376 g/mol. The number of fused-ring (bicyclic) bond motifs is 1. The minimum absolute atomic E-state index is 0.274. The highest BCUT2D eigenvalue weighted by Crippen LogP contribution is 2.37. The minimum Gasteiger partial charge on any atom is -0.369 e. The lowest BCUT2D eigenvalue weighted by Crippen LogP contribution is -2.46. The standard InChI is InChI=1S/C21H30ClN3O/c22-16-7-9-17(10-8-16)25-14-12-24(13-15-25)11-3-5-19-18-4-1-2-6-20(18)23-21(19)26/h7-10,18-20H,1-6,11-15H2,(H,23,26)/t18-,19?,20+/m0/s1. The van der Waals surface area contributed by atoms with E-state index in [0.717, 1.165) is 50.6 Å². The van der Waals surface area contributed by atoms with Gasteiger partial charge in [-0.3, -0.25) is 9.69 Å². The van der Waals surface area contributed by atoms with Crippen molar-refractivity contribution in [2.75, 3.05) is 37.6 Å². The van der Waals surface area contributed by atoms with Crippen LogP contribution in [0.2, 0.25) is 5.02 Å². The number of nitrogens with zero attached hydrogens (tertiary/aromatic N) is 2. The van der Waals surface area contributed by atoms with Crippen molar-refractivity contribution in [3.05, 3.63) is 29.3 Å². The summed E-state index contributed by atoms with van der Waals surface area (Å²) >= 11 is 5.98. The Hall–Kier alpha value is -1.26. The van der Waals surface area contributed by atoms with E-state index < -0.39 is 0 Å². The molecule has 1 N–H and O–H groups in total. The second kappa shape index (κ2) is 8.18. The number of piperazine rings is 1. The van der Waals surface area contributed by atoms with E-state index in [1.165, 1.54) is 31.4 Å². The minimum atomic E-state index is 0.274. The van der Waals surface area contributed by atoms with Gasteiger partial charge in [0.2, 0.25) is 5.91 Å². The lowest BCUT2D eigenvalue weighted by atomic mass is 9.78. The normalized spacial score (nSPS) is 29.5. The third-order valence-electron chi connectivity index (χ3n) is 6.55. The van der Waals surface area contributed by atoms with Crippen LogP contribution in [0, 0.1) is 11.8 Å². The summed E-state index contributed by atoms with van der Waals surface area (Å²) in [7, 11) is 0. The molecule has 1 aromatic carbocycles. The molecule has 4 nitrogen and oxygen atoms in total. The molecule has 5 heteroatoms. The molecule has 1 unspecified atom stereocenters. The van der Waals surface area contributed by atoms with Gasteiger partial charge in [0.05, 0.1) is 0 Å². The number of rotatable bonds is 5. The van der Waals surface area contributed by atoms with Crippen molar-refractivity contribution < 1.29 is 4.79 Å². The highest BCUT2D eigenvalue weighted by molar-refractivity contribution is 6.30. The average Bonchev–Trinajstić information content (AvgIpc) is 2.99. The number of benzene rings is 1. The molecule has 3 fully saturated rings. The lowest BCUT2D eigenvalue weighted by Gasteiger charge is -2.36. The largest absolute Gasteiger partial charge is 0.369 e. The Kier molecular flexibility index (Phi) is 5.70. The Morgan fingerprint density at radius 2 is 1.77 bits per heavy atom. The van der Waals surface area contributed by atoms with Crippen LogP contribution < -0.4 is 10.2 Å². The van der Waals surface area contributed by atoms with Gasteiger partial charge in [0.25, 0.3) is 0 Å². The molecule has 1 saturated carbocycles. The van der Waals surface area contributed by atoms with Gasteiger partial charge in [-0.2, -0.15) is 0 Å². The number of amides is 1. The van der Waals surface area contributed by atoms with Crippen molar-refractivity contribution in [2.24, 2.45) is 11.8 Å². The van der Waals surface area contributed by atoms with Gasteiger partial charge >= 0.3 is 0 Å². The van der Waals surface area contributed by atoms with Crippen LogP contribution in [-0.4, -0.2) is 49.6 Å². The molecule has 1 aromatic rings. The van der Waals surface area contributed by atoms with Crippen LogP contribution >= 0.6 is 11.6 Å². The number of anilines is 1. The van der Waals surface area contributed by atoms with E-state index in [2.05, 4.69) is 27.2 Å². The summed E-state index contributed by atoms with van der Waals surface area (Å²) in [5.74, 6) is 1.21. The Morgan fingerprint density at radius 3 is 2.54 bits per heavy atom. The molecule has 142 valence electrons. The van der Waals surface area contributed by atoms with Crippen LogP contribution in [0.3, 0.4) is 0 Å². The fourth-order valence-electron chi connectivity index (χ4n) is 5.07.